The lowest BCUT2D eigenvalue weighted by Gasteiger charge is -2.17. The summed E-state index contributed by atoms with van der Waals surface area (Å²) in [6.45, 7) is 1.94. The van der Waals surface area contributed by atoms with Gasteiger partial charge >= 0.3 is 0 Å². The van der Waals surface area contributed by atoms with Crippen LogP contribution in [0.4, 0.5) is 11.4 Å². The van der Waals surface area contributed by atoms with Crippen molar-refractivity contribution in [3.05, 3.63) is 46.2 Å². The Labute approximate surface area is 104 Å². The van der Waals surface area contributed by atoms with Crippen molar-refractivity contribution in [1.29, 1.82) is 0 Å². The lowest BCUT2D eigenvalue weighted by molar-refractivity contribution is 0.0993. The Morgan fingerprint density at radius 2 is 2.12 bits per heavy atom. The summed E-state index contributed by atoms with van der Waals surface area (Å²) in [4.78, 5) is 13.8. The highest BCUT2D eigenvalue weighted by atomic mass is 32.1. The van der Waals surface area contributed by atoms with Crippen LogP contribution in [0.2, 0.25) is 0 Å². The van der Waals surface area contributed by atoms with E-state index in [1.165, 1.54) is 11.3 Å². The van der Waals surface area contributed by atoms with Gasteiger partial charge in [-0.15, -0.1) is 0 Å². The van der Waals surface area contributed by atoms with Crippen LogP contribution in [0.3, 0.4) is 0 Å². The standard InChI is InChI=1S/C13H14N2OS/c1-9-7-17-8-12(9)13(16)15(2)11-5-3-4-10(14)6-11/h3-8H,14H2,1-2H3. The van der Waals surface area contributed by atoms with E-state index in [-0.39, 0.29) is 5.91 Å². The van der Waals surface area contributed by atoms with E-state index < -0.39 is 0 Å². The molecule has 0 aliphatic rings. The summed E-state index contributed by atoms with van der Waals surface area (Å²) < 4.78 is 0. The van der Waals surface area contributed by atoms with Gasteiger partial charge in [0.05, 0.1) is 5.56 Å². The number of nitrogen functional groups attached to an aromatic ring is 1. The van der Waals surface area contributed by atoms with Crippen LogP contribution >= 0.6 is 11.3 Å². The smallest absolute Gasteiger partial charge is 0.259 e. The van der Waals surface area contributed by atoms with Crippen molar-refractivity contribution >= 4 is 28.6 Å². The van der Waals surface area contributed by atoms with Crippen molar-refractivity contribution in [3.63, 3.8) is 0 Å². The first kappa shape index (κ1) is 11.7. The van der Waals surface area contributed by atoms with Gasteiger partial charge in [-0.2, -0.15) is 11.3 Å². The van der Waals surface area contributed by atoms with Crippen molar-refractivity contribution in [2.45, 2.75) is 6.92 Å². The molecule has 0 aliphatic carbocycles. The number of aryl methyl sites for hydroxylation is 1. The summed E-state index contributed by atoms with van der Waals surface area (Å²) in [5, 5.41) is 3.85. The molecule has 0 saturated heterocycles. The molecule has 88 valence electrons. The summed E-state index contributed by atoms with van der Waals surface area (Å²) in [5.41, 5.74) is 8.93. The molecule has 0 bridgehead atoms. The molecule has 0 radical (unpaired) electrons. The van der Waals surface area contributed by atoms with E-state index in [1.807, 2.05) is 29.8 Å². The van der Waals surface area contributed by atoms with Crippen LogP contribution in [0.15, 0.2) is 35.0 Å². The quantitative estimate of drug-likeness (QED) is 0.828. The molecule has 1 aromatic heterocycles. The van der Waals surface area contributed by atoms with Gasteiger partial charge in [-0.25, -0.2) is 0 Å². The highest BCUT2D eigenvalue weighted by Gasteiger charge is 2.16. The minimum atomic E-state index is -0.00523. The minimum Gasteiger partial charge on any atom is -0.399 e. The molecule has 2 rings (SSSR count). The van der Waals surface area contributed by atoms with E-state index in [1.54, 1.807) is 24.1 Å². The average molecular weight is 246 g/mol. The van der Waals surface area contributed by atoms with Crippen LogP contribution in [0.1, 0.15) is 15.9 Å². The molecule has 1 amide bonds. The van der Waals surface area contributed by atoms with Gasteiger partial charge < -0.3 is 10.6 Å². The molecule has 0 fully saturated rings. The van der Waals surface area contributed by atoms with E-state index in [0.717, 1.165) is 16.8 Å². The summed E-state index contributed by atoms with van der Waals surface area (Å²) in [6, 6.07) is 7.31. The van der Waals surface area contributed by atoms with Crippen molar-refractivity contribution in [2.24, 2.45) is 0 Å². The summed E-state index contributed by atoms with van der Waals surface area (Å²) in [7, 11) is 1.76. The fourth-order valence-electron chi connectivity index (χ4n) is 1.61. The van der Waals surface area contributed by atoms with Gasteiger partial charge in [0.15, 0.2) is 0 Å². The third-order valence-corrected chi connectivity index (χ3v) is 3.51. The molecule has 2 aromatic rings. The van der Waals surface area contributed by atoms with E-state index in [4.69, 9.17) is 5.73 Å². The van der Waals surface area contributed by atoms with Crippen LogP contribution < -0.4 is 10.6 Å². The van der Waals surface area contributed by atoms with Crippen molar-refractivity contribution in [3.8, 4) is 0 Å². The number of amides is 1. The molecule has 0 aliphatic heterocycles. The monoisotopic (exact) mass is 246 g/mol. The first-order valence-electron chi connectivity index (χ1n) is 5.26. The summed E-state index contributed by atoms with van der Waals surface area (Å²) in [6.07, 6.45) is 0. The normalized spacial score (nSPS) is 10.2. The Balaban J connectivity index is 2.30. The third kappa shape index (κ3) is 2.31. The van der Waals surface area contributed by atoms with Crippen molar-refractivity contribution in [2.75, 3.05) is 17.7 Å². The number of hydrogen-bond acceptors (Lipinski definition) is 3. The van der Waals surface area contributed by atoms with Crippen molar-refractivity contribution < 1.29 is 4.79 Å². The maximum Gasteiger partial charge on any atom is 0.259 e. The largest absolute Gasteiger partial charge is 0.399 e. The lowest BCUT2D eigenvalue weighted by atomic mass is 10.2. The van der Waals surface area contributed by atoms with Gasteiger partial charge in [-0.3, -0.25) is 4.79 Å². The Morgan fingerprint density at radius 3 is 2.71 bits per heavy atom. The van der Waals surface area contributed by atoms with Crippen LogP contribution in [0.5, 0.6) is 0 Å². The predicted octanol–water partition coefficient (Wildman–Crippen LogP) is 2.92. The number of benzene rings is 1. The Morgan fingerprint density at radius 1 is 1.35 bits per heavy atom. The van der Waals surface area contributed by atoms with Crippen LogP contribution in [-0.4, -0.2) is 13.0 Å². The molecule has 0 atom stereocenters. The fraction of sp³-hybridized carbons (Fsp3) is 0.154. The molecule has 0 spiro atoms. The molecule has 17 heavy (non-hydrogen) atoms. The van der Waals surface area contributed by atoms with Crippen molar-refractivity contribution in [1.82, 2.24) is 0 Å². The van der Waals surface area contributed by atoms with E-state index in [9.17, 15) is 4.79 Å². The number of carbonyl (C=O) groups excluding carboxylic acids is 1. The Bertz CT molecular complexity index is 548. The van der Waals surface area contributed by atoms with Gasteiger partial charge in [0.2, 0.25) is 0 Å². The number of hydrogen-bond donors (Lipinski definition) is 1. The second-order valence-corrected chi connectivity index (χ2v) is 4.67. The molecule has 4 heteroatoms. The topological polar surface area (TPSA) is 46.3 Å². The van der Waals surface area contributed by atoms with Crippen LogP contribution in [0.25, 0.3) is 0 Å². The molecule has 3 nitrogen and oxygen atoms in total. The second-order valence-electron chi connectivity index (χ2n) is 3.93. The van der Waals surface area contributed by atoms with E-state index in [2.05, 4.69) is 0 Å². The van der Waals surface area contributed by atoms with Gasteiger partial charge in [0, 0.05) is 23.8 Å². The summed E-state index contributed by atoms with van der Waals surface area (Å²) in [5.74, 6) is -0.00523. The molecular weight excluding hydrogens is 232 g/mol. The SMILES string of the molecule is Cc1cscc1C(=O)N(C)c1cccc(N)c1. The lowest BCUT2D eigenvalue weighted by Crippen LogP contribution is -2.26. The predicted molar refractivity (Wildman–Crippen MR) is 72.6 cm³/mol. The van der Waals surface area contributed by atoms with Gasteiger partial charge in [-0.05, 0) is 36.1 Å². The maximum absolute atomic E-state index is 12.2. The van der Waals surface area contributed by atoms with Gasteiger partial charge in [0.1, 0.15) is 0 Å². The number of rotatable bonds is 2. The van der Waals surface area contributed by atoms with E-state index in [0.29, 0.717) is 5.69 Å². The number of anilines is 2. The highest BCUT2D eigenvalue weighted by Crippen LogP contribution is 2.21. The zero-order chi connectivity index (χ0) is 12.4. The number of nitrogens with zero attached hydrogens (tertiary/aromatic N) is 1. The van der Waals surface area contributed by atoms with Gasteiger partial charge in [0.25, 0.3) is 5.91 Å². The fourth-order valence-corrected chi connectivity index (χ4v) is 2.43. The molecular formula is C13H14N2OS. The van der Waals surface area contributed by atoms with E-state index >= 15 is 0 Å². The second kappa shape index (κ2) is 4.59. The minimum absolute atomic E-state index is 0.00523. The van der Waals surface area contributed by atoms with Gasteiger partial charge in [-0.1, -0.05) is 6.07 Å². The first-order valence-corrected chi connectivity index (χ1v) is 6.20. The Kier molecular flexibility index (Phi) is 3.15. The zero-order valence-corrected chi connectivity index (χ0v) is 10.6. The van der Waals surface area contributed by atoms with Crippen LogP contribution in [-0.2, 0) is 0 Å². The third-order valence-electron chi connectivity index (χ3n) is 2.65. The molecule has 0 unspecified atom stereocenters. The highest BCUT2D eigenvalue weighted by molar-refractivity contribution is 7.08. The molecule has 1 aromatic carbocycles. The van der Waals surface area contributed by atoms with Crippen LogP contribution in [0, 0.1) is 6.92 Å². The summed E-state index contributed by atoms with van der Waals surface area (Å²) >= 11 is 1.54. The molecule has 2 N–H and O–H groups in total. The number of thiophene rings is 1. The number of carbonyl (C=O) groups is 1. The molecule has 1 heterocycles. The molecule has 0 saturated carbocycles. The first-order chi connectivity index (χ1) is 8.09. The average Bonchev–Trinajstić information content (AvgIpc) is 2.73. The zero-order valence-electron chi connectivity index (χ0n) is 9.81. The maximum atomic E-state index is 12.2. The number of nitrogens with two attached hydrogens (primary N) is 1. The Hall–Kier alpha value is -1.81.